The van der Waals surface area contributed by atoms with Crippen LogP contribution in [0.1, 0.15) is 0 Å². The van der Waals surface area contributed by atoms with Gasteiger partial charge in [0, 0.05) is 24.0 Å². The summed E-state index contributed by atoms with van der Waals surface area (Å²) in [7, 11) is 0. The first-order valence-corrected chi connectivity index (χ1v) is 5.83. The van der Waals surface area contributed by atoms with E-state index in [0.29, 0.717) is 16.9 Å². The van der Waals surface area contributed by atoms with E-state index in [1.54, 1.807) is 16.7 Å². The van der Waals surface area contributed by atoms with Crippen molar-refractivity contribution >= 4 is 5.65 Å². The van der Waals surface area contributed by atoms with Crippen molar-refractivity contribution in [2.24, 2.45) is 0 Å². The fraction of sp³-hybridized carbons (Fsp3) is 0.167. The molecule has 0 fully saturated rings. The largest absolute Gasteiger partial charge is 0.468 e. The van der Waals surface area contributed by atoms with E-state index in [1.807, 2.05) is 0 Å². The predicted molar refractivity (Wildman–Crippen MR) is 65.6 cm³/mol. The molecule has 0 aliphatic rings. The van der Waals surface area contributed by atoms with E-state index in [2.05, 4.69) is 24.9 Å². The molecule has 3 aromatic rings. The molecule has 3 rings (SSSR count). The first-order chi connectivity index (χ1) is 10.0. The van der Waals surface area contributed by atoms with Gasteiger partial charge in [0.15, 0.2) is 12.3 Å². The van der Waals surface area contributed by atoms with Crippen LogP contribution in [0.3, 0.4) is 0 Å². The number of aromatic nitrogens is 5. The van der Waals surface area contributed by atoms with Crippen molar-refractivity contribution in [2.75, 3.05) is 6.61 Å². The molecule has 3 aromatic heterocycles. The molecule has 0 aliphatic heterocycles. The number of nitrogens with zero attached hydrogens (tertiary/aromatic N) is 5. The molecule has 0 saturated carbocycles. The summed E-state index contributed by atoms with van der Waals surface area (Å²) in [6.07, 6.45) is 1.76. The number of pyridine rings is 1. The van der Waals surface area contributed by atoms with Crippen LogP contribution in [0.25, 0.3) is 16.9 Å². The molecular formula is C12H8F3N5O. The molecular weight excluding hydrogens is 287 g/mol. The molecule has 108 valence electrons. The average Bonchev–Trinajstić information content (AvgIpc) is 2.92. The van der Waals surface area contributed by atoms with Crippen LogP contribution in [0, 0.1) is 0 Å². The van der Waals surface area contributed by atoms with Gasteiger partial charge >= 0.3 is 6.18 Å². The van der Waals surface area contributed by atoms with Gasteiger partial charge in [0.1, 0.15) is 6.33 Å². The van der Waals surface area contributed by atoms with Crippen molar-refractivity contribution in [3.05, 3.63) is 37.1 Å². The fourth-order valence-electron chi connectivity index (χ4n) is 1.66. The van der Waals surface area contributed by atoms with E-state index < -0.39 is 12.8 Å². The quantitative estimate of drug-likeness (QED) is 0.740. The summed E-state index contributed by atoms with van der Waals surface area (Å²) in [5, 5.41) is 7.55. The van der Waals surface area contributed by atoms with Crippen LogP contribution in [0.4, 0.5) is 13.2 Å². The van der Waals surface area contributed by atoms with Gasteiger partial charge in [-0.1, -0.05) is 0 Å². The van der Waals surface area contributed by atoms with E-state index in [4.69, 9.17) is 0 Å². The van der Waals surface area contributed by atoms with Crippen molar-refractivity contribution in [2.45, 2.75) is 6.18 Å². The van der Waals surface area contributed by atoms with Gasteiger partial charge < -0.3 is 4.74 Å². The second-order valence-electron chi connectivity index (χ2n) is 4.16. The molecule has 0 radical (unpaired) electrons. The first kappa shape index (κ1) is 13.3. The number of fused-ring (bicyclic) bond motifs is 1. The minimum atomic E-state index is -4.39. The van der Waals surface area contributed by atoms with Gasteiger partial charge in [0.2, 0.25) is 5.88 Å². The molecule has 0 N–H and O–H groups in total. The number of rotatable bonds is 3. The molecule has 0 atom stereocenters. The minimum Gasteiger partial charge on any atom is -0.468 e. The zero-order valence-corrected chi connectivity index (χ0v) is 10.4. The van der Waals surface area contributed by atoms with Crippen molar-refractivity contribution in [1.82, 2.24) is 24.6 Å². The van der Waals surface area contributed by atoms with E-state index in [0.717, 1.165) is 0 Å². The van der Waals surface area contributed by atoms with Gasteiger partial charge in [-0.25, -0.2) is 4.98 Å². The van der Waals surface area contributed by atoms with Crippen LogP contribution < -0.4 is 4.74 Å². The Balaban J connectivity index is 1.80. The summed E-state index contributed by atoms with van der Waals surface area (Å²) in [4.78, 5) is 8.00. The number of halogens is 3. The lowest BCUT2D eigenvalue weighted by atomic mass is 10.2. The Bertz CT molecular complexity index is 753. The standard InChI is InChI=1S/C12H8F3N5O/c13-12(14,15)6-21-11-2-1-8(3-17-11)9-5-20-7-18-19-10(20)4-16-9/h1-5,7H,6H2. The number of hydrogen-bond donors (Lipinski definition) is 0. The highest BCUT2D eigenvalue weighted by atomic mass is 19.4. The SMILES string of the molecule is FC(F)(F)COc1ccc(-c2cn3cnnc3cn2)cn1. The normalized spacial score (nSPS) is 11.8. The smallest absolute Gasteiger partial charge is 0.422 e. The summed E-state index contributed by atoms with van der Waals surface area (Å²) >= 11 is 0. The molecule has 0 unspecified atom stereocenters. The van der Waals surface area contributed by atoms with Crippen molar-refractivity contribution in [3.8, 4) is 17.1 Å². The third-order valence-electron chi connectivity index (χ3n) is 2.60. The van der Waals surface area contributed by atoms with Crippen molar-refractivity contribution in [1.29, 1.82) is 0 Å². The highest BCUT2D eigenvalue weighted by Gasteiger charge is 2.28. The van der Waals surface area contributed by atoms with Crippen LogP contribution in [-0.2, 0) is 0 Å². The molecule has 0 amide bonds. The topological polar surface area (TPSA) is 65.2 Å². The van der Waals surface area contributed by atoms with Crippen molar-refractivity contribution < 1.29 is 17.9 Å². The van der Waals surface area contributed by atoms with E-state index in [-0.39, 0.29) is 5.88 Å². The molecule has 9 heteroatoms. The van der Waals surface area contributed by atoms with Crippen LogP contribution in [0.5, 0.6) is 5.88 Å². The van der Waals surface area contributed by atoms with E-state index in [9.17, 15) is 13.2 Å². The predicted octanol–water partition coefficient (Wildman–Crippen LogP) is 2.13. The fourth-order valence-corrected chi connectivity index (χ4v) is 1.66. The van der Waals surface area contributed by atoms with Gasteiger partial charge in [0.25, 0.3) is 0 Å². The maximum Gasteiger partial charge on any atom is 0.422 e. The third-order valence-corrected chi connectivity index (χ3v) is 2.60. The van der Waals surface area contributed by atoms with Gasteiger partial charge in [0.05, 0.1) is 11.9 Å². The highest BCUT2D eigenvalue weighted by molar-refractivity contribution is 5.58. The minimum absolute atomic E-state index is 0.0959. The van der Waals surface area contributed by atoms with Gasteiger partial charge in [-0.05, 0) is 6.07 Å². The lowest BCUT2D eigenvalue weighted by Gasteiger charge is -2.08. The Morgan fingerprint density at radius 1 is 1.14 bits per heavy atom. The lowest BCUT2D eigenvalue weighted by molar-refractivity contribution is -0.154. The molecule has 0 saturated heterocycles. The highest BCUT2D eigenvalue weighted by Crippen LogP contribution is 2.20. The maximum absolute atomic E-state index is 12.0. The summed E-state index contributed by atoms with van der Waals surface area (Å²) in [5.41, 5.74) is 1.83. The van der Waals surface area contributed by atoms with E-state index >= 15 is 0 Å². The molecule has 6 nitrogen and oxygen atoms in total. The summed E-state index contributed by atoms with van der Waals surface area (Å²) in [6.45, 7) is -1.37. The van der Waals surface area contributed by atoms with Crippen LogP contribution in [-0.4, -0.2) is 37.3 Å². The Morgan fingerprint density at radius 2 is 2.00 bits per heavy atom. The lowest BCUT2D eigenvalue weighted by Crippen LogP contribution is -2.19. The Morgan fingerprint density at radius 3 is 2.71 bits per heavy atom. The van der Waals surface area contributed by atoms with E-state index in [1.165, 1.54) is 24.8 Å². The maximum atomic E-state index is 12.0. The van der Waals surface area contributed by atoms with Crippen LogP contribution in [0.2, 0.25) is 0 Å². The van der Waals surface area contributed by atoms with Gasteiger partial charge in [-0.15, -0.1) is 10.2 Å². The second kappa shape index (κ2) is 5.00. The summed E-state index contributed by atoms with van der Waals surface area (Å²) in [6, 6.07) is 2.94. The summed E-state index contributed by atoms with van der Waals surface area (Å²) in [5.74, 6) is -0.0959. The first-order valence-electron chi connectivity index (χ1n) is 5.83. The van der Waals surface area contributed by atoms with Crippen LogP contribution in [0.15, 0.2) is 37.1 Å². The monoisotopic (exact) mass is 295 g/mol. The number of alkyl halides is 3. The van der Waals surface area contributed by atoms with Crippen LogP contribution >= 0.6 is 0 Å². The van der Waals surface area contributed by atoms with Gasteiger partial charge in [-0.2, -0.15) is 13.2 Å². The van der Waals surface area contributed by atoms with Crippen molar-refractivity contribution in [3.63, 3.8) is 0 Å². The molecule has 0 aliphatic carbocycles. The molecule has 0 bridgehead atoms. The molecule has 21 heavy (non-hydrogen) atoms. The second-order valence-corrected chi connectivity index (χ2v) is 4.16. The third kappa shape index (κ3) is 3.07. The number of hydrogen-bond acceptors (Lipinski definition) is 5. The average molecular weight is 295 g/mol. The summed E-state index contributed by atoms with van der Waals surface area (Å²) < 4.78 is 42.3. The Labute approximate surface area is 116 Å². The van der Waals surface area contributed by atoms with Gasteiger partial charge in [-0.3, -0.25) is 9.38 Å². The number of ether oxygens (including phenoxy) is 1. The Hall–Kier alpha value is -2.71. The Kier molecular flexibility index (Phi) is 3.16. The zero-order valence-electron chi connectivity index (χ0n) is 10.4. The molecule has 0 spiro atoms. The molecule has 0 aromatic carbocycles. The molecule has 3 heterocycles. The zero-order chi connectivity index (χ0) is 14.9.